The summed E-state index contributed by atoms with van der Waals surface area (Å²) in [5.74, 6) is 0. The molecule has 5 nitrogen and oxygen atoms in total. The van der Waals surface area contributed by atoms with Gasteiger partial charge in [0, 0.05) is 57.0 Å². The molecule has 5 rings (SSSR count). The summed E-state index contributed by atoms with van der Waals surface area (Å²) in [5, 5.41) is 3.21. The highest BCUT2D eigenvalue weighted by atomic mass is 19.4. The van der Waals surface area contributed by atoms with Crippen molar-refractivity contribution in [3.63, 3.8) is 0 Å². The number of hydrogen-bond acceptors (Lipinski definition) is 3. The zero-order valence-electron chi connectivity index (χ0n) is 19.4. The van der Waals surface area contributed by atoms with Crippen molar-refractivity contribution in [3.05, 3.63) is 65.7 Å². The highest BCUT2D eigenvalue weighted by Crippen LogP contribution is 2.48. The average molecular weight is 473 g/mol. The van der Waals surface area contributed by atoms with Crippen LogP contribution >= 0.6 is 0 Å². The average Bonchev–Trinajstić information content (AvgIpc) is 2.76. The van der Waals surface area contributed by atoms with Gasteiger partial charge in [0.05, 0.1) is 5.56 Å². The molecule has 0 unspecified atom stereocenters. The lowest BCUT2D eigenvalue weighted by Gasteiger charge is -2.59. The lowest BCUT2D eigenvalue weighted by molar-refractivity contribution is -0.137. The number of nitrogens with zero attached hydrogens (tertiary/aromatic N) is 3. The van der Waals surface area contributed by atoms with Gasteiger partial charge in [-0.15, -0.1) is 0 Å². The fourth-order valence-electron chi connectivity index (χ4n) is 5.81. The summed E-state index contributed by atoms with van der Waals surface area (Å²) in [6, 6.07) is 15.9. The fourth-order valence-corrected chi connectivity index (χ4v) is 5.81. The number of halogens is 3. The first-order chi connectivity index (χ1) is 16.2. The van der Waals surface area contributed by atoms with Gasteiger partial charge in [0.15, 0.2) is 0 Å². The Morgan fingerprint density at radius 1 is 1.03 bits per heavy atom. The van der Waals surface area contributed by atoms with Crippen LogP contribution in [-0.4, -0.2) is 60.6 Å². The molecule has 0 bridgehead atoms. The van der Waals surface area contributed by atoms with Gasteiger partial charge in [-0.2, -0.15) is 13.2 Å². The van der Waals surface area contributed by atoms with Gasteiger partial charge < -0.3 is 15.1 Å². The minimum atomic E-state index is -4.33. The molecule has 1 saturated carbocycles. The van der Waals surface area contributed by atoms with Gasteiger partial charge in [0.1, 0.15) is 0 Å². The molecule has 1 N–H and O–H groups in total. The van der Waals surface area contributed by atoms with E-state index in [2.05, 4.69) is 34.5 Å². The predicted octanol–water partition coefficient (Wildman–Crippen LogP) is 4.59. The van der Waals surface area contributed by atoms with Gasteiger partial charge >= 0.3 is 12.2 Å². The second kappa shape index (κ2) is 8.80. The van der Waals surface area contributed by atoms with Gasteiger partial charge in [0.2, 0.25) is 0 Å². The summed E-state index contributed by atoms with van der Waals surface area (Å²) >= 11 is 0. The third-order valence-electron chi connectivity index (χ3n) is 7.50. The van der Waals surface area contributed by atoms with Gasteiger partial charge in [-0.3, -0.25) is 4.90 Å². The summed E-state index contributed by atoms with van der Waals surface area (Å²) in [6.07, 6.45) is -2.27. The Morgan fingerprint density at radius 2 is 1.71 bits per heavy atom. The van der Waals surface area contributed by atoms with Crippen molar-refractivity contribution >= 4 is 11.7 Å². The Kier molecular flexibility index (Phi) is 5.96. The van der Waals surface area contributed by atoms with E-state index in [0.29, 0.717) is 25.0 Å². The van der Waals surface area contributed by atoms with Crippen LogP contribution in [-0.2, 0) is 12.7 Å². The number of hydrogen-bond donors (Lipinski definition) is 1. The molecule has 3 fully saturated rings. The predicted molar refractivity (Wildman–Crippen MR) is 126 cm³/mol. The molecular formula is C26H31F3N4O. The molecule has 1 atom stereocenters. The highest BCUT2D eigenvalue weighted by Gasteiger charge is 2.52. The van der Waals surface area contributed by atoms with E-state index in [1.54, 1.807) is 0 Å². The normalized spacial score (nSPS) is 22.9. The second-order valence-corrected chi connectivity index (χ2v) is 10.2. The van der Waals surface area contributed by atoms with Crippen molar-refractivity contribution in [1.82, 2.24) is 15.1 Å². The van der Waals surface area contributed by atoms with Gasteiger partial charge in [-0.1, -0.05) is 30.3 Å². The Bertz CT molecular complexity index is 997. The first-order valence-corrected chi connectivity index (χ1v) is 12.0. The molecule has 2 aliphatic heterocycles. The van der Waals surface area contributed by atoms with E-state index >= 15 is 0 Å². The molecule has 2 amide bonds. The number of urea groups is 1. The number of benzene rings is 2. The van der Waals surface area contributed by atoms with Crippen LogP contribution in [0.25, 0.3) is 0 Å². The van der Waals surface area contributed by atoms with Crippen LogP contribution < -0.4 is 10.2 Å². The van der Waals surface area contributed by atoms with E-state index in [9.17, 15) is 18.0 Å². The number of piperazine rings is 1. The van der Waals surface area contributed by atoms with Crippen molar-refractivity contribution in [2.75, 3.05) is 37.6 Å². The molecule has 8 heteroatoms. The van der Waals surface area contributed by atoms with Crippen LogP contribution in [0.3, 0.4) is 0 Å². The fraction of sp³-hybridized carbons (Fsp3) is 0.500. The van der Waals surface area contributed by atoms with Crippen molar-refractivity contribution in [2.24, 2.45) is 5.41 Å². The number of carbonyl (C=O) groups is 1. The Hall–Kier alpha value is -2.74. The maximum absolute atomic E-state index is 12.9. The third-order valence-corrected chi connectivity index (χ3v) is 7.50. The van der Waals surface area contributed by atoms with E-state index in [0.717, 1.165) is 50.3 Å². The summed E-state index contributed by atoms with van der Waals surface area (Å²) < 4.78 is 38.5. The van der Waals surface area contributed by atoms with Gasteiger partial charge in [-0.25, -0.2) is 4.79 Å². The van der Waals surface area contributed by atoms with Gasteiger partial charge in [0.25, 0.3) is 0 Å². The van der Waals surface area contributed by atoms with Crippen molar-refractivity contribution < 1.29 is 18.0 Å². The molecule has 2 saturated heterocycles. The number of nitrogens with one attached hydrogen (secondary N) is 1. The first kappa shape index (κ1) is 23.0. The smallest absolute Gasteiger partial charge is 0.368 e. The number of rotatable bonds is 4. The maximum Gasteiger partial charge on any atom is 0.416 e. The van der Waals surface area contributed by atoms with Crippen LogP contribution in [0, 0.1) is 5.41 Å². The maximum atomic E-state index is 12.9. The summed E-state index contributed by atoms with van der Waals surface area (Å²) in [5.41, 5.74) is 1.81. The molecule has 2 aromatic rings. The Morgan fingerprint density at radius 3 is 2.32 bits per heavy atom. The highest BCUT2D eigenvalue weighted by molar-refractivity contribution is 5.75. The molecular weight excluding hydrogens is 441 g/mol. The number of likely N-dealkylation sites (tertiary alicyclic amines) is 1. The van der Waals surface area contributed by atoms with Crippen molar-refractivity contribution in [3.8, 4) is 0 Å². The largest absolute Gasteiger partial charge is 0.416 e. The van der Waals surface area contributed by atoms with Crippen LogP contribution in [0.5, 0.6) is 0 Å². The molecule has 34 heavy (non-hydrogen) atoms. The van der Waals surface area contributed by atoms with Crippen LogP contribution in [0.1, 0.15) is 30.9 Å². The Balaban J connectivity index is 1.06. The Labute approximate surface area is 198 Å². The van der Waals surface area contributed by atoms with Crippen molar-refractivity contribution in [2.45, 2.75) is 44.6 Å². The minimum absolute atomic E-state index is 0.0184. The van der Waals surface area contributed by atoms with E-state index < -0.39 is 11.7 Å². The van der Waals surface area contributed by atoms with Crippen LogP contribution in [0.15, 0.2) is 54.6 Å². The number of carbonyl (C=O) groups excluding carboxylic acids is 1. The van der Waals surface area contributed by atoms with E-state index in [4.69, 9.17) is 0 Å². The number of anilines is 1. The molecule has 1 spiro atoms. The van der Waals surface area contributed by atoms with Gasteiger partial charge in [-0.05, 0) is 55.0 Å². The summed E-state index contributed by atoms with van der Waals surface area (Å²) in [6.45, 7) is 6.92. The monoisotopic (exact) mass is 472 g/mol. The number of amides is 2. The van der Waals surface area contributed by atoms with Crippen LogP contribution in [0.4, 0.5) is 23.7 Å². The molecule has 3 aliphatic rings. The molecule has 1 aliphatic carbocycles. The van der Waals surface area contributed by atoms with E-state index in [1.165, 1.54) is 17.7 Å². The SMILES string of the molecule is C[C@@H]1CN(c2ccc(C(F)(F)F)cc2)CCN1C(=O)NC1CC2(C1)CN(Cc1ccccc1)C2. The second-order valence-electron chi connectivity index (χ2n) is 10.2. The zero-order valence-corrected chi connectivity index (χ0v) is 19.4. The van der Waals surface area contributed by atoms with Crippen LogP contribution in [0.2, 0.25) is 0 Å². The van der Waals surface area contributed by atoms with E-state index in [1.807, 2.05) is 22.8 Å². The third kappa shape index (κ3) is 4.73. The molecule has 182 valence electrons. The standard InChI is InChI=1S/C26H31F3N4O/c1-19-15-32(23-9-7-21(8-10-23)26(27,28)29)11-12-33(19)24(34)30-22-13-25(14-22)17-31(18-25)16-20-5-3-2-4-6-20/h2-10,19,22H,11-18H2,1H3,(H,30,34)/t19-/m1/s1. The van der Waals surface area contributed by atoms with E-state index in [-0.39, 0.29) is 18.1 Å². The number of alkyl halides is 3. The lowest BCUT2D eigenvalue weighted by atomic mass is 9.60. The quantitative estimate of drug-likeness (QED) is 0.708. The molecule has 0 radical (unpaired) electrons. The lowest BCUT2D eigenvalue weighted by Crippen LogP contribution is -2.67. The van der Waals surface area contributed by atoms with Crippen molar-refractivity contribution in [1.29, 1.82) is 0 Å². The molecule has 2 heterocycles. The molecule has 0 aromatic heterocycles. The minimum Gasteiger partial charge on any atom is -0.368 e. The molecule has 2 aromatic carbocycles. The summed E-state index contributed by atoms with van der Waals surface area (Å²) in [7, 11) is 0. The summed E-state index contributed by atoms with van der Waals surface area (Å²) in [4.78, 5) is 19.3. The zero-order chi connectivity index (χ0) is 23.9. The first-order valence-electron chi connectivity index (χ1n) is 12.0. The topological polar surface area (TPSA) is 38.8 Å².